The van der Waals surface area contributed by atoms with Gasteiger partial charge in [0.25, 0.3) is 5.91 Å². The highest BCUT2D eigenvalue weighted by Crippen LogP contribution is 2.24. The second kappa shape index (κ2) is 10.3. The fraction of sp³-hybridized carbons (Fsp3) is 0.440. The van der Waals surface area contributed by atoms with Gasteiger partial charge in [0, 0.05) is 13.1 Å². The lowest BCUT2D eigenvalue weighted by molar-refractivity contribution is -0.142. The van der Waals surface area contributed by atoms with Crippen LogP contribution in [0.3, 0.4) is 0 Å². The number of aryl methyl sites for hydroxylation is 1. The monoisotopic (exact) mass is 410 g/mol. The van der Waals surface area contributed by atoms with Crippen molar-refractivity contribution in [3.05, 3.63) is 65.2 Å². The molecule has 2 rings (SSSR count). The zero-order valence-electron chi connectivity index (χ0n) is 19.0. The molecule has 0 heterocycles. The first kappa shape index (κ1) is 23.5. The molecule has 0 aliphatic carbocycles. The average molecular weight is 411 g/mol. The predicted octanol–water partition coefficient (Wildman–Crippen LogP) is 4.22. The first-order valence-corrected chi connectivity index (χ1v) is 10.5. The molecule has 0 saturated heterocycles. The minimum atomic E-state index is -0.593. The third-order valence-corrected chi connectivity index (χ3v) is 5.04. The van der Waals surface area contributed by atoms with Gasteiger partial charge in [-0.15, -0.1) is 0 Å². The maximum atomic E-state index is 13.0. The number of carbonyl (C=O) groups excluding carboxylic acids is 2. The van der Waals surface area contributed by atoms with E-state index in [0.29, 0.717) is 18.8 Å². The zero-order chi connectivity index (χ0) is 22.3. The summed E-state index contributed by atoms with van der Waals surface area (Å²) in [6, 6.07) is 15.1. The van der Waals surface area contributed by atoms with Gasteiger partial charge in [-0.3, -0.25) is 9.59 Å². The fourth-order valence-corrected chi connectivity index (χ4v) is 3.19. The molecule has 2 amide bonds. The van der Waals surface area contributed by atoms with Crippen LogP contribution in [0.25, 0.3) is 0 Å². The molecule has 30 heavy (non-hydrogen) atoms. The second-order valence-corrected chi connectivity index (χ2v) is 8.64. The van der Waals surface area contributed by atoms with E-state index in [2.05, 4.69) is 26.1 Å². The molecule has 1 N–H and O–H groups in total. The van der Waals surface area contributed by atoms with Crippen molar-refractivity contribution in [2.24, 2.45) is 0 Å². The first-order valence-electron chi connectivity index (χ1n) is 10.5. The van der Waals surface area contributed by atoms with Gasteiger partial charge in [0.1, 0.15) is 11.8 Å². The van der Waals surface area contributed by atoms with Crippen molar-refractivity contribution in [3.8, 4) is 5.75 Å². The number of benzene rings is 2. The molecule has 0 radical (unpaired) electrons. The van der Waals surface area contributed by atoms with E-state index in [9.17, 15) is 9.59 Å². The molecule has 0 fully saturated rings. The summed E-state index contributed by atoms with van der Waals surface area (Å²) in [4.78, 5) is 27.0. The maximum Gasteiger partial charge on any atom is 0.261 e. The third kappa shape index (κ3) is 6.61. The van der Waals surface area contributed by atoms with Crippen molar-refractivity contribution in [1.82, 2.24) is 10.2 Å². The Kier molecular flexibility index (Phi) is 8.04. The molecule has 5 nitrogen and oxygen atoms in total. The zero-order valence-corrected chi connectivity index (χ0v) is 19.0. The van der Waals surface area contributed by atoms with Crippen molar-refractivity contribution in [2.75, 3.05) is 13.2 Å². The molecule has 0 saturated carbocycles. The molecule has 2 aromatic carbocycles. The number of rotatable bonds is 8. The fourth-order valence-electron chi connectivity index (χ4n) is 3.19. The molecule has 1 atom stereocenters. The van der Waals surface area contributed by atoms with Crippen LogP contribution in [0.15, 0.2) is 48.5 Å². The quantitative estimate of drug-likeness (QED) is 0.709. The van der Waals surface area contributed by atoms with Crippen molar-refractivity contribution in [1.29, 1.82) is 0 Å². The predicted molar refractivity (Wildman–Crippen MR) is 121 cm³/mol. The molecule has 0 aromatic heterocycles. The van der Waals surface area contributed by atoms with Gasteiger partial charge in [0.05, 0.1) is 0 Å². The van der Waals surface area contributed by atoms with Crippen LogP contribution in [0.2, 0.25) is 0 Å². The molecule has 0 aliphatic heterocycles. The lowest BCUT2D eigenvalue weighted by atomic mass is 9.87. The van der Waals surface area contributed by atoms with Gasteiger partial charge in [-0.25, -0.2) is 0 Å². The Labute approximate surface area is 180 Å². The van der Waals surface area contributed by atoms with E-state index in [-0.39, 0.29) is 23.8 Å². The van der Waals surface area contributed by atoms with Gasteiger partial charge < -0.3 is 15.0 Å². The number of nitrogens with one attached hydrogen (secondary N) is 1. The van der Waals surface area contributed by atoms with Crippen molar-refractivity contribution >= 4 is 11.8 Å². The molecule has 0 aliphatic rings. The van der Waals surface area contributed by atoms with E-state index in [1.54, 1.807) is 11.8 Å². The summed E-state index contributed by atoms with van der Waals surface area (Å²) in [7, 11) is 0. The van der Waals surface area contributed by atoms with E-state index >= 15 is 0 Å². The Morgan fingerprint density at radius 3 is 2.33 bits per heavy atom. The normalized spacial score (nSPS) is 12.2. The van der Waals surface area contributed by atoms with Crippen molar-refractivity contribution in [2.45, 2.75) is 59.5 Å². The minimum Gasteiger partial charge on any atom is -0.484 e. The molecule has 1 unspecified atom stereocenters. The van der Waals surface area contributed by atoms with Crippen LogP contribution < -0.4 is 10.1 Å². The lowest BCUT2D eigenvalue weighted by Crippen LogP contribution is -2.49. The number of amides is 2. The highest BCUT2D eigenvalue weighted by atomic mass is 16.5. The van der Waals surface area contributed by atoms with E-state index in [4.69, 9.17) is 4.74 Å². The largest absolute Gasteiger partial charge is 0.484 e. The molecule has 0 spiro atoms. The summed E-state index contributed by atoms with van der Waals surface area (Å²) in [5.41, 5.74) is 3.35. The van der Waals surface area contributed by atoms with Crippen LogP contribution in [-0.4, -0.2) is 35.9 Å². The summed E-state index contributed by atoms with van der Waals surface area (Å²) in [5, 5.41) is 2.80. The highest BCUT2D eigenvalue weighted by molar-refractivity contribution is 5.87. The minimum absolute atomic E-state index is 0.0566. The number of ether oxygens (including phenoxy) is 1. The Morgan fingerprint density at radius 1 is 1.10 bits per heavy atom. The molecular weight excluding hydrogens is 376 g/mol. The van der Waals surface area contributed by atoms with Gasteiger partial charge in [0.15, 0.2) is 6.61 Å². The topological polar surface area (TPSA) is 58.6 Å². The van der Waals surface area contributed by atoms with Crippen molar-refractivity contribution < 1.29 is 14.3 Å². The standard InChI is InChI=1S/C25H34N2O3/c1-7-26-24(29)19(3)27(16-20-10-8-9-18(2)15-20)23(28)17-30-22-13-11-21(12-14-22)25(4,5)6/h8-15,19H,7,16-17H2,1-6H3,(H,26,29). The van der Waals surface area contributed by atoms with Gasteiger partial charge in [-0.2, -0.15) is 0 Å². The average Bonchev–Trinajstić information content (AvgIpc) is 2.69. The molecule has 2 aromatic rings. The maximum absolute atomic E-state index is 13.0. The molecular formula is C25H34N2O3. The van der Waals surface area contributed by atoms with Gasteiger partial charge >= 0.3 is 0 Å². The Bertz CT molecular complexity index is 853. The Balaban J connectivity index is 2.12. The van der Waals surface area contributed by atoms with Crippen LogP contribution in [0, 0.1) is 6.92 Å². The number of nitrogens with zero attached hydrogens (tertiary/aromatic N) is 1. The highest BCUT2D eigenvalue weighted by Gasteiger charge is 2.26. The molecule has 162 valence electrons. The van der Waals surface area contributed by atoms with Crippen LogP contribution in [0.4, 0.5) is 0 Å². The number of likely N-dealkylation sites (N-methyl/N-ethyl adjacent to an activating group) is 1. The number of hydrogen-bond donors (Lipinski definition) is 1. The Morgan fingerprint density at radius 2 is 1.77 bits per heavy atom. The van der Waals surface area contributed by atoms with Crippen molar-refractivity contribution in [3.63, 3.8) is 0 Å². The Hall–Kier alpha value is -2.82. The van der Waals surface area contributed by atoms with Crippen LogP contribution in [0.5, 0.6) is 5.75 Å². The summed E-state index contributed by atoms with van der Waals surface area (Å²) >= 11 is 0. The van der Waals surface area contributed by atoms with E-state index in [1.807, 2.05) is 62.4 Å². The smallest absolute Gasteiger partial charge is 0.261 e. The second-order valence-electron chi connectivity index (χ2n) is 8.64. The van der Waals surface area contributed by atoms with Crippen LogP contribution in [-0.2, 0) is 21.5 Å². The van der Waals surface area contributed by atoms with Gasteiger partial charge in [0.2, 0.25) is 5.91 Å². The molecule has 0 bridgehead atoms. The summed E-state index contributed by atoms with van der Waals surface area (Å²) in [6.45, 7) is 12.8. The number of carbonyl (C=O) groups is 2. The first-order chi connectivity index (χ1) is 14.1. The number of hydrogen-bond acceptors (Lipinski definition) is 3. The summed E-state index contributed by atoms with van der Waals surface area (Å²) < 4.78 is 5.74. The molecule has 5 heteroatoms. The van der Waals surface area contributed by atoms with Gasteiger partial charge in [-0.05, 0) is 49.4 Å². The summed E-state index contributed by atoms with van der Waals surface area (Å²) in [5.74, 6) is 0.237. The SMILES string of the molecule is CCNC(=O)C(C)N(Cc1cccc(C)c1)C(=O)COc1ccc(C(C)(C)C)cc1. The summed E-state index contributed by atoms with van der Waals surface area (Å²) in [6.07, 6.45) is 0. The van der Waals surface area contributed by atoms with Crippen LogP contribution in [0.1, 0.15) is 51.3 Å². The van der Waals surface area contributed by atoms with E-state index in [0.717, 1.165) is 11.1 Å². The van der Waals surface area contributed by atoms with E-state index in [1.165, 1.54) is 5.56 Å². The lowest BCUT2D eigenvalue weighted by Gasteiger charge is -2.28. The van der Waals surface area contributed by atoms with E-state index < -0.39 is 6.04 Å². The van der Waals surface area contributed by atoms with Crippen LogP contribution >= 0.6 is 0 Å². The third-order valence-electron chi connectivity index (χ3n) is 5.04. The van der Waals surface area contributed by atoms with Gasteiger partial charge in [-0.1, -0.05) is 62.7 Å².